The minimum absolute atomic E-state index is 0.771. The predicted octanol–water partition coefficient (Wildman–Crippen LogP) is 7.52. The summed E-state index contributed by atoms with van der Waals surface area (Å²) in [5, 5.41) is 0. The summed E-state index contributed by atoms with van der Waals surface area (Å²) in [5.74, 6) is 0. The van der Waals surface area contributed by atoms with Crippen LogP contribution >= 0.6 is 0 Å². The molecule has 0 aliphatic heterocycles. The van der Waals surface area contributed by atoms with Gasteiger partial charge in [-0.1, -0.05) is 103 Å². The molecule has 32 heavy (non-hydrogen) atoms. The monoisotopic (exact) mass is 412 g/mol. The van der Waals surface area contributed by atoms with Crippen LogP contribution in [0, 0.1) is 0 Å². The van der Waals surface area contributed by atoms with E-state index in [1.807, 2.05) is 30.3 Å². The largest absolute Gasteiger partial charge is 0.399 e. The quantitative estimate of drug-likeness (QED) is 0.300. The van der Waals surface area contributed by atoms with Crippen LogP contribution in [0.15, 0.2) is 121 Å². The Kier molecular flexibility index (Phi) is 5.19. The number of benzene rings is 5. The van der Waals surface area contributed by atoms with Crippen molar-refractivity contribution in [2.45, 2.75) is 0 Å². The van der Waals surface area contributed by atoms with E-state index in [1.165, 1.54) is 0 Å². The van der Waals surface area contributed by atoms with E-state index in [-0.39, 0.29) is 0 Å². The van der Waals surface area contributed by atoms with Gasteiger partial charge < -0.3 is 11.5 Å². The van der Waals surface area contributed by atoms with E-state index in [4.69, 9.17) is 11.5 Å². The fourth-order valence-electron chi connectivity index (χ4n) is 4.20. The summed E-state index contributed by atoms with van der Waals surface area (Å²) in [4.78, 5) is 0. The van der Waals surface area contributed by atoms with Gasteiger partial charge in [-0.3, -0.25) is 0 Å². The third kappa shape index (κ3) is 3.75. The van der Waals surface area contributed by atoms with Crippen LogP contribution in [-0.4, -0.2) is 0 Å². The summed E-state index contributed by atoms with van der Waals surface area (Å²) in [6, 6.07) is 41.6. The lowest BCUT2D eigenvalue weighted by molar-refractivity contribution is 1.55. The van der Waals surface area contributed by atoms with Gasteiger partial charge in [0, 0.05) is 16.9 Å². The Morgan fingerprint density at radius 3 is 1.38 bits per heavy atom. The molecule has 0 saturated carbocycles. The highest BCUT2D eigenvalue weighted by molar-refractivity contribution is 5.99. The summed E-state index contributed by atoms with van der Waals surface area (Å²) < 4.78 is 0. The van der Waals surface area contributed by atoms with Gasteiger partial charge in [0.2, 0.25) is 0 Å². The van der Waals surface area contributed by atoms with Crippen LogP contribution in [0.1, 0.15) is 0 Å². The van der Waals surface area contributed by atoms with E-state index in [0.29, 0.717) is 0 Å². The first kappa shape index (κ1) is 19.7. The molecule has 0 bridgehead atoms. The number of rotatable bonds is 4. The van der Waals surface area contributed by atoms with E-state index in [2.05, 4.69) is 91.0 Å². The lowest BCUT2D eigenvalue weighted by atomic mass is 9.86. The molecule has 4 N–H and O–H groups in total. The molecule has 0 amide bonds. The van der Waals surface area contributed by atoms with Gasteiger partial charge in [-0.15, -0.1) is 0 Å². The van der Waals surface area contributed by atoms with Crippen LogP contribution in [0.25, 0.3) is 44.5 Å². The van der Waals surface area contributed by atoms with Gasteiger partial charge in [-0.25, -0.2) is 0 Å². The SMILES string of the molecule is Nc1ccc(-c2ccc(-c3ccc(N)c(-c4ccccc4)c3-c3ccccc3)cc2)cc1. The number of nitrogen functional groups attached to an aromatic ring is 2. The Bertz CT molecular complexity index is 1340. The maximum atomic E-state index is 6.54. The molecule has 0 aliphatic rings. The molecule has 0 spiro atoms. The molecule has 154 valence electrons. The van der Waals surface area contributed by atoms with Gasteiger partial charge in [0.25, 0.3) is 0 Å². The fourth-order valence-corrected chi connectivity index (χ4v) is 4.20. The Balaban J connectivity index is 1.68. The highest BCUT2D eigenvalue weighted by atomic mass is 14.6. The second-order valence-electron chi connectivity index (χ2n) is 7.88. The molecule has 0 heterocycles. The first-order valence-electron chi connectivity index (χ1n) is 10.7. The van der Waals surface area contributed by atoms with Crippen molar-refractivity contribution < 1.29 is 0 Å². The molecule has 0 radical (unpaired) electrons. The highest BCUT2D eigenvalue weighted by Gasteiger charge is 2.16. The second kappa shape index (κ2) is 8.44. The standard InChI is InChI=1S/C30H24N2/c31-26-17-15-22(16-18-26)21-11-13-23(14-12-21)27-19-20-28(32)30(25-9-5-2-6-10-25)29(27)24-7-3-1-4-8-24/h1-20H,31-32H2. The van der Waals surface area contributed by atoms with Crippen molar-refractivity contribution in [2.24, 2.45) is 0 Å². The van der Waals surface area contributed by atoms with Crippen molar-refractivity contribution >= 4 is 11.4 Å². The average molecular weight is 413 g/mol. The minimum Gasteiger partial charge on any atom is -0.399 e. The lowest BCUT2D eigenvalue weighted by Crippen LogP contribution is -1.96. The summed E-state index contributed by atoms with van der Waals surface area (Å²) >= 11 is 0. The Morgan fingerprint density at radius 1 is 0.344 bits per heavy atom. The molecular formula is C30H24N2. The van der Waals surface area contributed by atoms with Crippen LogP contribution in [-0.2, 0) is 0 Å². The van der Waals surface area contributed by atoms with E-state index >= 15 is 0 Å². The third-order valence-corrected chi connectivity index (χ3v) is 5.80. The lowest BCUT2D eigenvalue weighted by Gasteiger charge is -2.18. The summed E-state index contributed by atoms with van der Waals surface area (Å²) in [6.45, 7) is 0. The third-order valence-electron chi connectivity index (χ3n) is 5.80. The fraction of sp³-hybridized carbons (Fsp3) is 0. The Morgan fingerprint density at radius 2 is 0.812 bits per heavy atom. The zero-order valence-electron chi connectivity index (χ0n) is 17.7. The summed E-state index contributed by atoms with van der Waals surface area (Å²) in [5.41, 5.74) is 23.0. The molecule has 5 aromatic carbocycles. The molecule has 0 fully saturated rings. The Hall–Kier alpha value is -4.30. The number of anilines is 2. The molecule has 0 aliphatic carbocycles. The maximum Gasteiger partial charge on any atom is 0.0400 e. The van der Waals surface area contributed by atoms with E-state index in [0.717, 1.165) is 55.9 Å². The van der Waals surface area contributed by atoms with Crippen LogP contribution in [0.2, 0.25) is 0 Å². The van der Waals surface area contributed by atoms with Crippen LogP contribution < -0.4 is 11.5 Å². The van der Waals surface area contributed by atoms with Gasteiger partial charge >= 0.3 is 0 Å². The van der Waals surface area contributed by atoms with Crippen molar-refractivity contribution in [2.75, 3.05) is 11.5 Å². The normalized spacial score (nSPS) is 10.8. The Labute approximate surface area is 188 Å². The molecule has 5 rings (SSSR count). The van der Waals surface area contributed by atoms with Crippen molar-refractivity contribution in [3.63, 3.8) is 0 Å². The van der Waals surface area contributed by atoms with Crippen LogP contribution in [0.4, 0.5) is 11.4 Å². The minimum atomic E-state index is 0.771. The van der Waals surface area contributed by atoms with Gasteiger partial charge in [-0.2, -0.15) is 0 Å². The van der Waals surface area contributed by atoms with E-state index in [1.54, 1.807) is 0 Å². The van der Waals surface area contributed by atoms with Crippen molar-refractivity contribution in [3.05, 3.63) is 121 Å². The molecule has 5 aromatic rings. The first-order chi connectivity index (χ1) is 15.7. The van der Waals surface area contributed by atoms with Crippen molar-refractivity contribution in [3.8, 4) is 44.5 Å². The topological polar surface area (TPSA) is 52.0 Å². The summed E-state index contributed by atoms with van der Waals surface area (Å²) in [6.07, 6.45) is 0. The highest BCUT2D eigenvalue weighted by Crippen LogP contribution is 2.43. The van der Waals surface area contributed by atoms with E-state index < -0.39 is 0 Å². The number of hydrogen-bond donors (Lipinski definition) is 2. The van der Waals surface area contributed by atoms with Crippen LogP contribution in [0.3, 0.4) is 0 Å². The predicted molar refractivity (Wildman–Crippen MR) is 137 cm³/mol. The number of hydrogen-bond acceptors (Lipinski definition) is 2. The smallest absolute Gasteiger partial charge is 0.0400 e. The zero-order valence-corrected chi connectivity index (χ0v) is 17.7. The van der Waals surface area contributed by atoms with Crippen molar-refractivity contribution in [1.82, 2.24) is 0 Å². The average Bonchev–Trinajstić information content (AvgIpc) is 2.85. The molecule has 2 nitrogen and oxygen atoms in total. The van der Waals surface area contributed by atoms with Crippen molar-refractivity contribution in [1.29, 1.82) is 0 Å². The first-order valence-corrected chi connectivity index (χ1v) is 10.7. The molecule has 0 atom stereocenters. The maximum absolute atomic E-state index is 6.54. The molecular weight excluding hydrogens is 388 g/mol. The van der Waals surface area contributed by atoms with Gasteiger partial charge in [0.1, 0.15) is 0 Å². The second-order valence-corrected chi connectivity index (χ2v) is 7.88. The van der Waals surface area contributed by atoms with Crippen LogP contribution in [0.5, 0.6) is 0 Å². The van der Waals surface area contributed by atoms with Gasteiger partial charge in [-0.05, 0) is 57.1 Å². The zero-order chi connectivity index (χ0) is 21.9. The number of nitrogens with two attached hydrogens (primary N) is 2. The summed E-state index contributed by atoms with van der Waals surface area (Å²) in [7, 11) is 0. The molecule has 0 saturated heterocycles. The molecule has 0 unspecified atom stereocenters. The molecule has 2 heteroatoms. The van der Waals surface area contributed by atoms with Gasteiger partial charge in [0.15, 0.2) is 0 Å². The van der Waals surface area contributed by atoms with E-state index in [9.17, 15) is 0 Å². The van der Waals surface area contributed by atoms with Gasteiger partial charge in [0.05, 0.1) is 0 Å². The molecule has 0 aromatic heterocycles.